The molecular weight excluding hydrogens is 276 g/mol. The monoisotopic (exact) mass is 296 g/mol. The number of nitrogens with zero attached hydrogens (tertiary/aromatic N) is 3. The number of aromatic nitrogens is 2. The molecular formula is C13H20N4O2S. The number of hydrogen-bond acceptors (Lipinski definition) is 6. The molecule has 7 heteroatoms. The van der Waals surface area contributed by atoms with E-state index in [0.29, 0.717) is 18.5 Å². The van der Waals surface area contributed by atoms with E-state index in [1.54, 1.807) is 0 Å². The maximum absolute atomic E-state index is 11.6. The van der Waals surface area contributed by atoms with Gasteiger partial charge in [-0.05, 0) is 19.8 Å². The Morgan fingerprint density at radius 2 is 2.05 bits per heavy atom. The molecule has 1 aliphatic heterocycles. The number of sulfone groups is 1. The third-order valence-electron chi connectivity index (χ3n) is 3.79. The summed E-state index contributed by atoms with van der Waals surface area (Å²) in [5, 5.41) is 3.42. The van der Waals surface area contributed by atoms with Gasteiger partial charge in [-0.2, -0.15) is 0 Å². The van der Waals surface area contributed by atoms with Crippen LogP contribution in [0.15, 0.2) is 12.4 Å². The predicted molar refractivity (Wildman–Crippen MR) is 77.4 cm³/mol. The zero-order chi connectivity index (χ0) is 14.2. The van der Waals surface area contributed by atoms with Gasteiger partial charge in [0.2, 0.25) is 5.95 Å². The number of anilines is 1. The maximum Gasteiger partial charge on any atom is 0.225 e. The Kier molecular flexibility index (Phi) is 3.64. The summed E-state index contributed by atoms with van der Waals surface area (Å²) >= 11 is 0. The normalized spacial score (nSPS) is 25.6. The molecule has 1 aromatic heterocycles. The molecule has 6 nitrogen and oxygen atoms in total. The van der Waals surface area contributed by atoms with Crippen molar-refractivity contribution < 1.29 is 8.42 Å². The molecule has 0 bridgehead atoms. The second kappa shape index (κ2) is 5.29. The summed E-state index contributed by atoms with van der Waals surface area (Å²) in [7, 11) is -2.90. The first kappa shape index (κ1) is 13.8. The first-order chi connectivity index (χ1) is 9.53. The van der Waals surface area contributed by atoms with Crippen molar-refractivity contribution in [3.8, 4) is 0 Å². The predicted octanol–water partition coefficient (Wildman–Crippen LogP) is 0.352. The molecule has 20 heavy (non-hydrogen) atoms. The van der Waals surface area contributed by atoms with E-state index in [-0.39, 0.29) is 17.5 Å². The van der Waals surface area contributed by atoms with Gasteiger partial charge in [0, 0.05) is 43.1 Å². The lowest BCUT2D eigenvalue weighted by atomic mass is 10.3. The zero-order valence-electron chi connectivity index (χ0n) is 11.6. The molecule has 2 aliphatic rings. The molecule has 2 heterocycles. The van der Waals surface area contributed by atoms with Gasteiger partial charge in [0.05, 0.1) is 11.5 Å². The molecule has 0 spiro atoms. The van der Waals surface area contributed by atoms with E-state index in [2.05, 4.69) is 15.3 Å². The largest absolute Gasteiger partial charge is 0.336 e. The molecule has 1 atom stereocenters. The molecule has 3 rings (SSSR count). The fourth-order valence-corrected chi connectivity index (χ4v) is 3.99. The van der Waals surface area contributed by atoms with Crippen LogP contribution in [0.5, 0.6) is 0 Å². The van der Waals surface area contributed by atoms with Crippen LogP contribution in [0, 0.1) is 0 Å². The lowest BCUT2D eigenvalue weighted by molar-refractivity contribution is 0.564. The molecule has 1 unspecified atom stereocenters. The summed E-state index contributed by atoms with van der Waals surface area (Å²) in [5.41, 5.74) is 1.07. The zero-order valence-corrected chi connectivity index (χ0v) is 12.4. The van der Waals surface area contributed by atoms with Crippen LogP contribution in [0.4, 0.5) is 5.95 Å². The van der Waals surface area contributed by atoms with Crippen LogP contribution in [0.3, 0.4) is 0 Å². The van der Waals surface area contributed by atoms with Crippen molar-refractivity contribution in [2.45, 2.75) is 38.4 Å². The quantitative estimate of drug-likeness (QED) is 0.864. The SMILES string of the molecule is CC1CS(=O)(=O)CCN1c1ncc(CNC2CC2)cn1. The lowest BCUT2D eigenvalue weighted by Gasteiger charge is -2.33. The minimum atomic E-state index is -2.90. The van der Waals surface area contributed by atoms with Gasteiger partial charge in [-0.1, -0.05) is 0 Å². The molecule has 110 valence electrons. The Hall–Kier alpha value is -1.21. The molecule has 2 fully saturated rings. The molecule has 0 amide bonds. The van der Waals surface area contributed by atoms with Crippen molar-refractivity contribution in [2.75, 3.05) is 23.0 Å². The van der Waals surface area contributed by atoms with Gasteiger partial charge in [-0.3, -0.25) is 0 Å². The van der Waals surface area contributed by atoms with E-state index >= 15 is 0 Å². The van der Waals surface area contributed by atoms with Crippen molar-refractivity contribution in [1.82, 2.24) is 15.3 Å². The topological polar surface area (TPSA) is 75.2 Å². The summed E-state index contributed by atoms with van der Waals surface area (Å²) in [6.45, 7) is 3.18. The second-order valence-electron chi connectivity index (χ2n) is 5.70. The van der Waals surface area contributed by atoms with Gasteiger partial charge >= 0.3 is 0 Å². The highest BCUT2D eigenvalue weighted by Gasteiger charge is 2.29. The van der Waals surface area contributed by atoms with Crippen molar-refractivity contribution in [2.24, 2.45) is 0 Å². The van der Waals surface area contributed by atoms with Crippen molar-refractivity contribution in [1.29, 1.82) is 0 Å². The summed E-state index contributed by atoms with van der Waals surface area (Å²) in [6, 6.07) is 0.603. The third kappa shape index (κ3) is 3.27. The first-order valence-corrected chi connectivity index (χ1v) is 8.87. The highest BCUT2D eigenvalue weighted by atomic mass is 32.2. The Bertz CT molecular complexity index is 569. The van der Waals surface area contributed by atoms with Crippen LogP contribution >= 0.6 is 0 Å². The van der Waals surface area contributed by atoms with Gasteiger partial charge in [-0.15, -0.1) is 0 Å². The van der Waals surface area contributed by atoms with Crippen LogP contribution in [0.2, 0.25) is 0 Å². The van der Waals surface area contributed by atoms with E-state index < -0.39 is 9.84 Å². The standard InChI is InChI=1S/C13H20N4O2S/c1-10-9-20(18,19)5-4-17(10)13-15-7-11(8-16-13)6-14-12-2-3-12/h7-8,10,12,14H,2-6,9H2,1H3. The fraction of sp³-hybridized carbons (Fsp3) is 0.692. The summed E-state index contributed by atoms with van der Waals surface area (Å²) in [4.78, 5) is 10.7. The molecule has 1 saturated carbocycles. The molecule has 0 radical (unpaired) electrons. The lowest BCUT2D eigenvalue weighted by Crippen LogP contribution is -2.47. The molecule has 1 aromatic rings. The van der Waals surface area contributed by atoms with E-state index in [0.717, 1.165) is 12.1 Å². The van der Waals surface area contributed by atoms with Crippen LogP contribution in [0.25, 0.3) is 0 Å². The Labute approximate surface area is 119 Å². The highest BCUT2D eigenvalue weighted by Crippen LogP contribution is 2.20. The van der Waals surface area contributed by atoms with Crippen LogP contribution in [0.1, 0.15) is 25.3 Å². The average molecular weight is 296 g/mol. The summed E-state index contributed by atoms with van der Waals surface area (Å²) in [5.74, 6) is 0.995. The number of nitrogens with one attached hydrogen (secondary N) is 1. The van der Waals surface area contributed by atoms with Crippen molar-refractivity contribution >= 4 is 15.8 Å². The van der Waals surface area contributed by atoms with Gasteiger partial charge in [0.1, 0.15) is 0 Å². The number of hydrogen-bond donors (Lipinski definition) is 1. The van der Waals surface area contributed by atoms with Crippen LogP contribution in [-0.4, -0.2) is 48.5 Å². The minimum Gasteiger partial charge on any atom is -0.336 e. The highest BCUT2D eigenvalue weighted by molar-refractivity contribution is 7.91. The van der Waals surface area contributed by atoms with E-state index in [4.69, 9.17) is 0 Å². The number of rotatable bonds is 4. The molecule has 1 N–H and O–H groups in total. The van der Waals surface area contributed by atoms with Gasteiger partial charge in [-0.25, -0.2) is 18.4 Å². The second-order valence-corrected chi connectivity index (χ2v) is 7.93. The Morgan fingerprint density at radius 1 is 1.35 bits per heavy atom. The molecule has 1 saturated heterocycles. The van der Waals surface area contributed by atoms with Crippen LogP contribution < -0.4 is 10.2 Å². The minimum absolute atomic E-state index is 0.0656. The maximum atomic E-state index is 11.6. The van der Waals surface area contributed by atoms with E-state index in [1.807, 2.05) is 24.2 Å². The smallest absolute Gasteiger partial charge is 0.225 e. The Balaban J connectivity index is 1.64. The van der Waals surface area contributed by atoms with Crippen molar-refractivity contribution in [3.05, 3.63) is 18.0 Å². The van der Waals surface area contributed by atoms with E-state index in [1.165, 1.54) is 12.8 Å². The van der Waals surface area contributed by atoms with Crippen LogP contribution in [-0.2, 0) is 16.4 Å². The summed E-state index contributed by atoms with van der Waals surface area (Å²) in [6.07, 6.45) is 6.18. The first-order valence-electron chi connectivity index (χ1n) is 7.05. The Morgan fingerprint density at radius 3 is 2.65 bits per heavy atom. The van der Waals surface area contributed by atoms with Crippen molar-refractivity contribution in [3.63, 3.8) is 0 Å². The van der Waals surface area contributed by atoms with Gasteiger partial charge < -0.3 is 10.2 Å². The molecule has 0 aromatic carbocycles. The fourth-order valence-electron chi connectivity index (χ4n) is 2.43. The third-order valence-corrected chi connectivity index (χ3v) is 5.59. The van der Waals surface area contributed by atoms with Gasteiger partial charge in [0.15, 0.2) is 9.84 Å². The summed E-state index contributed by atoms with van der Waals surface area (Å²) < 4.78 is 23.1. The van der Waals surface area contributed by atoms with Gasteiger partial charge in [0.25, 0.3) is 0 Å². The average Bonchev–Trinajstić information content (AvgIpc) is 3.20. The van der Waals surface area contributed by atoms with E-state index in [9.17, 15) is 8.42 Å². The molecule has 1 aliphatic carbocycles.